The summed E-state index contributed by atoms with van der Waals surface area (Å²) in [6, 6.07) is 9.99. The van der Waals surface area contributed by atoms with Gasteiger partial charge in [0.05, 0.1) is 5.02 Å². The first-order chi connectivity index (χ1) is 11.5. The van der Waals surface area contributed by atoms with E-state index in [0.717, 1.165) is 24.7 Å². The number of amides is 1. The second-order valence-corrected chi connectivity index (χ2v) is 6.17. The first kappa shape index (κ1) is 19.5. The summed E-state index contributed by atoms with van der Waals surface area (Å²) in [4.78, 5) is 12.2. The van der Waals surface area contributed by atoms with Crippen LogP contribution in [0, 0.1) is 5.82 Å². The van der Waals surface area contributed by atoms with Crippen LogP contribution in [0.2, 0.25) is 5.02 Å². The van der Waals surface area contributed by atoms with E-state index in [1.54, 1.807) is 6.92 Å². The van der Waals surface area contributed by atoms with Gasteiger partial charge < -0.3 is 15.4 Å². The van der Waals surface area contributed by atoms with Crippen molar-refractivity contribution in [3.63, 3.8) is 0 Å². The van der Waals surface area contributed by atoms with Gasteiger partial charge in [-0.05, 0) is 41.8 Å². The summed E-state index contributed by atoms with van der Waals surface area (Å²) in [7, 11) is 0. The third-order valence-corrected chi connectivity index (χ3v) is 4.23. The zero-order valence-electron chi connectivity index (χ0n) is 13.6. The van der Waals surface area contributed by atoms with Gasteiger partial charge in [0.1, 0.15) is 11.6 Å². The predicted octanol–water partition coefficient (Wildman–Crippen LogP) is 3.59. The Bertz CT molecular complexity index is 771. The Balaban J connectivity index is 0.00000225. The van der Waals surface area contributed by atoms with E-state index < -0.39 is 11.9 Å². The molecule has 7 heteroatoms. The molecule has 2 N–H and O–H groups in total. The van der Waals surface area contributed by atoms with Crippen molar-refractivity contribution in [1.82, 2.24) is 10.6 Å². The molecule has 3 rings (SSSR count). The molecule has 1 aliphatic heterocycles. The van der Waals surface area contributed by atoms with Crippen molar-refractivity contribution in [2.75, 3.05) is 0 Å². The number of nitrogens with one attached hydrogen (secondary N) is 2. The van der Waals surface area contributed by atoms with E-state index in [-0.39, 0.29) is 29.1 Å². The molecule has 0 bridgehead atoms. The molecule has 134 valence electrons. The number of hydrogen-bond donors (Lipinski definition) is 2. The number of benzene rings is 2. The summed E-state index contributed by atoms with van der Waals surface area (Å²) in [6.07, 6.45) is -0.732. The normalized spacial score (nSPS) is 13.6. The fourth-order valence-electron chi connectivity index (χ4n) is 2.61. The SMILES string of the molecule is CC(Oc1ccc(F)cc1Cl)C(=O)NCc1ccc2c(c1)CNC2.Cl. The molecule has 1 atom stereocenters. The molecular formula is C18H19Cl2FN2O2. The van der Waals surface area contributed by atoms with Gasteiger partial charge in [-0.25, -0.2) is 4.39 Å². The molecular weight excluding hydrogens is 366 g/mol. The van der Waals surface area contributed by atoms with Crippen LogP contribution in [0.5, 0.6) is 5.75 Å². The lowest BCUT2D eigenvalue weighted by Gasteiger charge is -2.16. The minimum Gasteiger partial charge on any atom is -0.479 e. The molecule has 4 nitrogen and oxygen atoms in total. The summed E-state index contributed by atoms with van der Waals surface area (Å²) in [5.41, 5.74) is 3.61. The topological polar surface area (TPSA) is 50.4 Å². The monoisotopic (exact) mass is 384 g/mol. The molecule has 1 heterocycles. The number of carbonyl (C=O) groups excluding carboxylic acids is 1. The zero-order chi connectivity index (χ0) is 17.1. The maximum Gasteiger partial charge on any atom is 0.261 e. The van der Waals surface area contributed by atoms with Gasteiger partial charge in [-0.15, -0.1) is 12.4 Å². The van der Waals surface area contributed by atoms with Crippen molar-refractivity contribution in [2.45, 2.75) is 32.7 Å². The van der Waals surface area contributed by atoms with Crippen molar-refractivity contribution in [2.24, 2.45) is 0 Å². The van der Waals surface area contributed by atoms with E-state index in [2.05, 4.69) is 22.8 Å². The number of rotatable bonds is 5. The highest BCUT2D eigenvalue weighted by molar-refractivity contribution is 6.32. The highest BCUT2D eigenvalue weighted by atomic mass is 35.5. The summed E-state index contributed by atoms with van der Waals surface area (Å²) in [5, 5.41) is 6.27. The average Bonchev–Trinajstić information content (AvgIpc) is 3.02. The molecule has 0 fully saturated rings. The molecule has 2 aromatic carbocycles. The largest absolute Gasteiger partial charge is 0.479 e. The lowest BCUT2D eigenvalue weighted by atomic mass is 10.1. The van der Waals surface area contributed by atoms with Crippen molar-refractivity contribution < 1.29 is 13.9 Å². The van der Waals surface area contributed by atoms with Gasteiger partial charge in [0.15, 0.2) is 6.10 Å². The van der Waals surface area contributed by atoms with Crippen molar-refractivity contribution in [1.29, 1.82) is 0 Å². The number of fused-ring (bicyclic) bond motifs is 1. The third kappa shape index (κ3) is 4.84. The van der Waals surface area contributed by atoms with E-state index in [0.29, 0.717) is 6.54 Å². The standard InChI is InChI=1S/C18H18ClFN2O2.ClH/c1-11(24-17-5-4-15(20)7-16(17)19)18(23)22-8-12-2-3-13-9-21-10-14(13)6-12;/h2-7,11,21H,8-10H2,1H3,(H,22,23);1H. The van der Waals surface area contributed by atoms with Crippen LogP contribution >= 0.6 is 24.0 Å². The van der Waals surface area contributed by atoms with Gasteiger partial charge in [0.25, 0.3) is 5.91 Å². The van der Waals surface area contributed by atoms with E-state index >= 15 is 0 Å². The Hall–Kier alpha value is -1.82. The maximum absolute atomic E-state index is 13.0. The Labute approximate surface area is 157 Å². The lowest BCUT2D eigenvalue weighted by molar-refractivity contribution is -0.127. The summed E-state index contributed by atoms with van der Waals surface area (Å²) in [6.45, 7) is 3.81. The van der Waals surface area contributed by atoms with Crippen LogP contribution < -0.4 is 15.4 Å². The van der Waals surface area contributed by atoms with E-state index in [1.165, 1.54) is 23.3 Å². The Morgan fingerprint density at radius 1 is 1.28 bits per heavy atom. The second kappa shape index (κ2) is 8.52. The van der Waals surface area contributed by atoms with E-state index in [9.17, 15) is 9.18 Å². The first-order valence-electron chi connectivity index (χ1n) is 7.74. The van der Waals surface area contributed by atoms with E-state index in [1.807, 2.05) is 6.07 Å². The van der Waals surface area contributed by atoms with Crippen LogP contribution in [0.3, 0.4) is 0 Å². The highest BCUT2D eigenvalue weighted by Gasteiger charge is 2.17. The Kier molecular flexibility index (Phi) is 6.64. The molecule has 0 radical (unpaired) electrons. The van der Waals surface area contributed by atoms with Crippen LogP contribution in [0.15, 0.2) is 36.4 Å². The average molecular weight is 385 g/mol. The smallest absolute Gasteiger partial charge is 0.261 e. The van der Waals surface area contributed by atoms with Crippen LogP contribution in [0.25, 0.3) is 0 Å². The van der Waals surface area contributed by atoms with Crippen LogP contribution in [-0.2, 0) is 24.4 Å². The number of halogens is 3. The van der Waals surface area contributed by atoms with Crippen LogP contribution in [-0.4, -0.2) is 12.0 Å². The van der Waals surface area contributed by atoms with Crippen molar-refractivity contribution >= 4 is 29.9 Å². The minimum atomic E-state index is -0.732. The molecule has 0 aromatic heterocycles. The van der Waals surface area contributed by atoms with Crippen molar-refractivity contribution in [3.8, 4) is 5.75 Å². The third-order valence-electron chi connectivity index (χ3n) is 3.94. The zero-order valence-corrected chi connectivity index (χ0v) is 15.2. The van der Waals surface area contributed by atoms with Gasteiger partial charge in [0.2, 0.25) is 0 Å². The molecule has 1 amide bonds. The van der Waals surface area contributed by atoms with Gasteiger partial charge in [-0.3, -0.25) is 4.79 Å². The fraction of sp³-hybridized carbons (Fsp3) is 0.278. The minimum absolute atomic E-state index is 0. The molecule has 25 heavy (non-hydrogen) atoms. The van der Waals surface area contributed by atoms with Crippen LogP contribution in [0.4, 0.5) is 4.39 Å². The van der Waals surface area contributed by atoms with Gasteiger partial charge in [-0.1, -0.05) is 29.8 Å². The fourth-order valence-corrected chi connectivity index (χ4v) is 2.82. The molecule has 1 aliphatic rings. The molecule has 1 unspecified atom stereocenters. The van der Waals surface area contributed by atoms with E-state index in [4.69, 9.17) is 16.3 Å². The molecule has 0 saturated heterocycles. The number of ether oxygens (including phenoxy) is 1. The predicted molar refractivity (Wildman–Crippen MR) is 97.6 cm³/mol. The number of hydrogen-bond acceptors (Lipinski definition) is 3. The maximum atomic E-state index is 13.0. The van der Waals surface area contributed by atoms with Gasteiger partial charge >= 0.3 is 0 Å². The molecule has 2 aromatic rings. The van der Waals surface area contributed by atoms with Gasteiger partial charge in [-0.2, -0.15) is 0 Å². The second-order valence-electron chi connectivity index (χ2n) is 5.76. The molecule has 0 spiro atoms. The first-order valence-corrected chi connectivity index (χ1v) is 8.11. The van der Waals surface area contributed by atoms with Gasteiger partial charge in [0, 0.05) is 19.6 Å². The van der Waals surface area contributed by atoms with Crippen LogP contribution in [0.1, 0.15) is 23.6 Å². The lowest BCUT2D eigenvalue weighted by Crippen LogP contribution is -2.36. The summed E-state index contributed by atoms with van der Waals surface area (Å²) in [5.74, 6) is -0.422. The highest BCUT2D eigenvalue weighted by Crippen LogP contribution is 2.25. The summed E-state index contributed by atoms with van der Waals surface area (Å²) < 4.78 is 18.5. The molecule has 0 saturated carbocycles. The molecule has 0 aliphatic carbocycles. The number of carbonyl (C=O) groups is 1. The quantitative estimate of drug-likeness (QED) is 0.827. The Morgan fingerprint density at radius 3 is 2.80 bits per heavy atom. The Morgan fingerprint density at radius 2 is 2.04 bits per heavy atom. The summed E-state index contributed by atoms with van der Waals surface area (Å²) >= 11 is 5.90. The van der Waals surface area contributed by atoms with Crippen molar-refractivity contribution in [3.05, 3.63) is 63.9 Å².